The molecule has 0 saturated carbocycles. The Hall–Kier alpha value is -1.18. The lowest BCUT2D eigenvalue weighted by molar-refractivity contribution is -0.145. The number of esters is 1. The van der Waals surface area contributed by atoms with E-state index in [-0.39, 0.29) is 30.8 Å². The Bertz CT molecular complexity index is 309. The van der Waals surface area contributed by atoms with Gasteiger partial charge in [0.05, 0.1) is 39.5 Å². The van der Waals surface area contributed by atoms with Crippen LogP contribution in [0.2, 0.25) is 0 Å². The van der Waals surface area contributed by atoms with Gasteiger partial charge in [-0.05, 0) is 6.42 Å². The average molecular weight is 289 g/mol. The Labute approximate surface area is 118 Å². The van der Waals surface area contributed by atoms with E-state index in [9.17, 15) is 9.59 Å². The Morgan fingerprint density at radius 2 is 2.00 bits per heavy atom. The summed E-state index contributed by atoms with van der Waals surface area (Å²) in [6.45, 7) is 2.81. The molecule has 0 aromatic heterocycles. The Kier molecular flexibility index (Phi) is 8.17. The van der Waals surface area contributed by atoms with E-state index in [1.165, 1.54) is 7.11 Å². The smallest absolute Gasteiger partial charge is 0.310 e. The molecule has 0 aromatic rings. The van der Waals surface area contributed by atoms with Crippen molar-refractivity contribution in [2.45, 2.75) is 12.8 Å². The minimum absolute atomic E-state index is 0.00770. The van der Waals surface area contributed by atoms with Crippen LogP contribution in [0.15, 0.2) is 0 Å². The topological polar surface area (TPSA) is 85.3 Å². The molecule has 1 unspecified atom stereocenters. The number of amides is 1. The van der Waals surface area contributed by atoms with Gasteiger partial charge in [0.15, 0.2) is 0 Å². The monoisotopic (exact) mass is 289 g/mol. The summed E-state index contributed by atoms with van der Waals surface area (Å²) in [7, 11) is 1.34. The highest BCUT2D eigenvalue weighted by Gasteiger charge is 2.34. The fourth-order valence-electron chi connectivity index (χ4n) is 2.06. The maximum Gasteiger partial charge on any atom is 0.310 e. The molecule has 0 aromatic carbocycles. The SMILES string of the molecule is COC(=O)C1CC(=O)N(CCCOCCOCCO)C1. The zero-order valence-electron chi connectivity index (χ0n) is 11.9. The highest BCUT2D eigenvalue weighted by Crippen LogP contribution is 2.18. The van der Waals surface area contributed by atoms with Gasteiger partial charge in [-0.15, -0.1) is 0 Å². The van der Waals surface area contributed by atoms with Gasteiger partial charge in [-0.25, -0.2) is 0 Å². The number of carbonyl (C=O) groups is 2. The molecule has 1 rings (SSSR count). The molecule has 1 atom stereocenters. The molecule has 1 N–H and O–H groups in total. The number of aliphatic hydroxyl groups excluding tert-OH is 1. The van der Waals surface area contributed by atoms with Crippen LogP contribution in [-0.4, -0.2) is 75.1 Å². The maximum atomic E-state index is 11.7. The highest BCUT2D eigenvalue weighted by atomic mass is 16.5. The molecular weight excluding hydrogens is 266 g/mol. The van der Waals surface area contributed by atoms with Crippen molar-refractivity contribution in [1.82, 2.24) is 4.90 Å². The van der Waals surface area contributed by atoms with Gasteiger partial charge in [0.25, 0.3) is 0 Å². The normalized spacial score (nSPS) is 18.6. The first-order valence-corrected chi connectivity index (χ1v) is 6.81. The minimum Gasteiger partial charge on any atom is -0.469 e. The van der Waals surface area contributed by atoms with Crippen LogP contribution in [0, 0.1) is 5.92 Å². The van der Waals surface area contributed by atoms with Gasteiger partial charge in [-0.1, -0.05) is 0 Å². The molecule has 0 aliphatic carbocycles. The van der Waals surface area contributed by atoms with Crippen molar-refractivity contribution < 1.29 is 28.9 Å². The number of methoxy groups -OCH3 is 1. The van der Waals surface area contributed by atoms with Gasteiger partial charge < -0.3 is 24.2 Å². The van der Waals surface area contributed by atoms with Crippen LogP contribution in [0.3, 0.4) is 0 Å². The second-order valence-electron chi connectivity index (χ2n) is 4.57. The quantitative estimate of drug-likeness (QED) is 0.428. The number of carbonyl (C=O) groups excluding carboxylic acids is 2. The molecule has 0 spiro atoms. The third-order valence-corrected chi connectivity index (χ3v) is 3.07. The molecule has 20 heavy (non-hydrogen) atoms. The predicted octanol–water partition coefficient (Wildman–Crippen LogP) is -0.576. The van der Waals surface area contributed by atoms with E-state index in [0.717, 1.165) is 6.42 Å². The molecule has 1 aliphatic heterocycles. The number of hydrogen-bond donors (Lipinski definition) is 1. The van der Waals surface area contributed by atoms with E-state index in [1.807, 2.05) is 0 Å². The Morgan fingerprint density at radius 3 is 2.65 bits per heavy atom. The highest BCUT2D eigenvalue weighted by molar-refractivity contribution is 5.86. The number of aliphatic hydroxyl groups is 1. The third-order valence-electron chi connectivity index (χ3n) is 3.07. The molecule has 7 nitrogen and oxygen atoms in total. The summed E-state index contributed by atoms with van der Waals surface area (Å²) < 4.78 is 15.0. The molecule has 1 saturated heterocycles. The van der Waals surface area contributed by atoms with Crippen molar-refractivity contribution in [1.29, 1.82) is 0 Å². The van der Waals surface area contributed by atoms with Gasteiger partial charge in [-0.2, -0.15) is 0 Å². The lowest BCUT2D eigenvalue weighted by Crippen LogP contribution is -2.28. The molecule has 7 heteroatoms. The van der Waals surface area contributed by atoms with Crippen molar-refractivity contribution in [2.24, 2.45) is 5.92 Å². The van der Waals surface area contributed by atoms with E-state index >= 15 is 0 Å². The summed E-state index contributed by atoms with van der Waals surface area (Å²) in [6.07, 6.45) is 0.960. The van der Waals surface area contributed by atoms with Crippen LogP contribution in [0.5, 0.6) is 0 Å². The largest absolute Gasteiger partial charge is 0.469 e. The zero-order valence-corrected chi connectivity index (χ0v) is 11.9. The van der Waals surface area contributed by atoms with Crippen LogP contribution < -0.4 is 0 Å². The van der Waals surface area contributed by atoms with Gasteiger partial charge in [0.2, 0.25) is 5.91 Å². The van der Waals surface area contributed by atoms with Gasteiger partial charge >= 0.3 is 5.97 Å². The third kappa shape index (κ3) is 5.85. The molecule has 1 fully saturated rings. The number of rotatable bonds is 10. The zero-order chi connectivity index (χ0) is 14.8. The fourth-order valence-corrected chi connectivity index (χ4v) is 2.06. The van der Waals surface area contributed by atoms with Crippen molar-refractivity contribution in [3.8, 4) is 0 Å². The fraction of sp³-hybridized carbons (Fsp3) is 0.846. The number of likely N-dealkylation sites (tertiary alicyclic amines) is 1. The molecule has 1 amide bonds. The van der Waals surface area contributed by atoms with Crippen LogP contribution >= 0.6 is 0 Å². The van der Waals surface area contributed by atoms with Crippen molar-refractivity contribution >= 4 is 11.9 Å². The first-order chi connectivity index (χ1) is 9.69. The van der Waals surface area contributed by atoms with Gasteiger partial charge in [0.1, 0.15) is 0 Å². The second-order valence-corrected chi connectivity index (χ2v) is 4.57. The lowest BCUT2D eigenvalue weighted by atomic mass is 10.1. The van der Waals surface area contributed by atoms with Gasteiger partial charge in [-0.3, -0.25) is 9.59 Å². The van der Waals surface area contributed by atoms with E-state index in [4.69, 9.17) is 14.6 Å². The van der Waals surface area contributed by atoms with Crippen molar-refractivity contribution in [2.75, 3.05) is 53.2 Å². The van der Waals surface area contributed by atoms with Crippen molar-refractivity contribution in [3.05, 3.63) is 0 Å². The first kappa shape index (κ1) is 16.9. The summed E-state index contributed by atoms with van der Waals surface area (Å²) >= 11 is 0. The van der Waals surface area contributed by atoms with E-state index in [0.29, 0.717) is 39.5 Å². The lowest BCUT2D eigenvalue weighted by Gasteiger charge is -2.16. The molecule has 1 heterocycles. The molecular formula is C13H23NO6. The van der Waals surface area contributed by atoms with Crippen LogP contribution in [-0.2, 0) is 23.8 Å². The first-order valence-electron chi connectivity index (χ1n) is 6.81. The van der Waals surface area contributed by atoms with Crippen LogP contribution in [0.25, 0.3) is 0 Å². The Morgan fingerprint density at radius 1 is 1.30 bits per heavy atom. The second kappa shape index (κ2) is 9.68. The molecule has 0 radical (unpaired) electrons. The molecule has 116 valence electrons. The van der Waals surface area contributed by atoms with E-state index in [2.05, 4.69) is 4.74 Å². The molecule has 0 bridgehead atoms. The van der Waals surface area contributed by atoms with Crippen molar-refractivity contribution in [3.63, 3.8) is 0 Å². The predicted molar refractivity (Wildman–Crippen MR) is 70.0 cm³/mol. The van der Waals surface area contributed by atoms with E-state index < -0.39 is 0 Å². The summed E-state index contributed by atoms with van der Waals surface area (Å²) in [5, 5.41) is 8.50. The summed E-state index contributed by atoms with van der Waals surface area (Å²) in [4.78, 5) is 24.7. The van der Waals surface area contributed by atoms with E-state index in [1.54, 1.807) is 4.90 Å². The number of hydrogen-bond acceptors (Lipinski definition) is 6. The molecule has 1 aliphatic rings. The number of ether oxygens (including phenoxy) is 3. The number of nitrogens with zero attached hydrogens (tertiary/aromatic N) is 1. The minimum atomic E-state index is -0.333. The average Bonchev–Trinajstić information content (AvgIpc) is 2.82. The standard InChI is InChI=1S/C13H23NO6/c1-18-13(17)11-9-12(16)14(10-11)3-2-5-19-7-8-20-6-4-15/h11,15H,2-10H2,1H3. The van der Waals surface area contributed by atoms with Crippen LogP contribution in [0.4, 0.5) is 0 Å². The summed E-state index contributed by atoms with van der Waals surface area (Å²) in [6, 6.07) is 0. The maximum absolute atomic E-state index is 11.7. The van der Waals surface area contributed by atoms with Crippen LogP contribution in [0.1, 0.15) is 12.8 Å². The summed E-state index contributed by atoms with van der Waals surface area (Å²) in [5.74, 6) is -0.662. The van der Waals surface area contributed by atoms with Gasteiger partial charge in [0, 0.05) is 26.1 Å². The summed E-state index contributed by atoms with van der Waals surface area (Å²) in [5.41, 5.74) is 0. The Balaban J connectivity index is 2.05.